The summed E-state index contributed by atoms with van der Waals surface area (Å²) >= 11 is 0. The molecule has 6 saturated heterocycles. The highest BCUT2D eigenvalue weighted by molar-refractivity contribution is 5.77. The van der Waals surface area contributed by atoms with E-state index in [1.54, 1.807) is 22.8 Å². The molecule has 6 aliphatic rings. The molecule has 6 fully saturated rings. The molecule has 0 radical (unpaired) electrons. The number of hydrogen-bond acceptors (Lipinski definition) is 8. The first kappa shape index (κ1) is 88.5. The number of alkyl halides is 15. The first-order chi connectivity index (χ1) is 53.8. The molecular formula is C85H96F17N9O4. The van der Waals surface area contributed by atoms with Crippen LogP contribution in [0.15, 0.2) is 152 Å². The second kappa shape index (κ2) is 35.9. The van der Waals surface area contributed by atoms with E-state index in [2.05, 4.69) is 120 Å². The zero-order chi connectivity index (χ0) is 84.2. The van der Waals surface area contributed by atoms with Gasteiger partial charge < -0.3 is 40.2 Å². The first-order valence-electron chi connectivity index (χ1n) is 38.1. The second-order valence-electron chi connectivity index (χ2n) is 31.4. The maximum Gasteiger partial charge on any atom is 0.416 e. The Morgan fingerprint density at radius 2 is 0.991 bits per heavy atom. The quantitative estimate of drug-likeness (QED) is 0.0922. The van der Waals surface area contributed by atoms with Crippen molar-refractivity contribution >= 4 is 18.0 Å². The minimum atomic E-state index is -5.10. The fraction of sp³-hybridized carbons (Fsp3) is 0.471. The summed E-state index contributed by atoms with van der Waals surface area (Å²) in [5.41, 5.74) is -0.710. The molecule has 5 amide bonds. The molecule has 0 spiro atoms. The molecule has 115 heavy (non-hydrogen) atoms. The van der Waals surface area contributed by atoms with Crippen LogP contribution in [-0.2, 0) is 54.2 Å². The van der Waals surface area contributed by atoms with E-state index in [0.717, 1.165) is 46.0 Å². The normalized spacial score (nSPS) is 21.0. The minimum absolute atomic E-state index is 0.000149. The molecule has 6 aliphatic heterocycles. The van der Waals surface area contributed by atoms with E-state index in [0.29, 0.717) is 104 Å². The van der Waals surface area contributed by atoms with Gasteiger partial charge in [0.05, 0.1) is 58.6 Å². The molecule has 0 aromatic heterocycles. The fourth-order valence-electron chi connectivity index (χ4n) is 16.5. The van der Waals surface area contributed by atoms with Crippen molar-refractivity contribution in [2.45, 2.75) is 172 Å². The van der Waals surface area contributed by atoms with Gasteiger partial charge in [0.1, 0.15) is 11.6 Å². The molecule has 0 aliphatic carbocycles. The van der Waals surface area contributed by atoms with Crippen LogP contribution < -0.4 is 10.6 Å². The van der Waals surface area contributed by atoms with Crippen molar-refractivity contribution in [3.63, 3.8) is 0 Å². The highest BCUT2D eigenvalue weighted by Crippen LogP contribution is 2.46. The Bertz CT molecular complexity index is 4380. The number of nitrogens with zero attached hydrogens (tertiary/aromatic N) is 7. The number of piperazine rings is 2. The van der Waals surface area contributed by atoms with Gasteiger partial charge in [-0.15, -0.1) is 0 Å². The SMILES string of the molecule is CC(=O)N1CCN([C@H]2CCN(C(=O)N(C)[C@H](C)c3cc(C(F)(F)F)cc(C(F)(F)F)c3)[C@H](c3ccc(F)cc3C)C2)CC1.CC(C)(C)c1ccc(CO)c(CNC2C3CCN(CC3)C2C(c2ccccc2)c2ccccc2)c1.C[C@H](c1cc(C(F)(F)F)cc(C(F)(F)F)c1)N(C)C(=O)N1CCNC[C@@H]1c1ccc(F)cc1C(F)(F)F. The Morgan fingerprint density at radius 1 is 0.513 bits per heavy atom. The van der Waals surface area contributed by atoms with Crippen LogP contribution in [0.5, 0.6) is 0 Å². The van der Waals surface area contributed by atoms with Crippen molar-refractivity contribution in [1.29, 1.82) is 0 Å². The molecule has 7 aromatic carbocycles. The van der Waals surface area contributed by atoms with Gasteiger partial charge in [0, 0.05) is 104 Å². The third kappa shape index (κ3) is 21.3. The molecule has 13 rings (SSSR count). The number of carbonyl (C=O) groups excluding carboxylic acids is 3. The van der Waals surface area contributed by atoms with Crippen LogP contribution in [0.25, 0.3) is 0 Å². The Labute approximate surface area is 658 Å². The molecule has 7 atom stereocenters. The smallest absolute Gasteiger partial charge is 0.392 e. The average Bonchev–Trinajstić information content (AvgIpc) is 0.750. The van der Waals surface area contributed by atoms with Crippen LogP contribution >= 0.6 is 0 Å². The van der Waals surface area contributed by atoms with Crippen LogP contribution in [0, 0.1) is 24.5 Å². The summed E-state index contributed by atoms with van der Waals surface area (Å²) in [5, 5.41) is 16.9. The van der Waals surface area contributed by atoms with E-state index in [1.807, 2.05) is 0 Å². The van der Waals surface area contributed by atoms with E-state index in [9.17, 15) is 94.1 Å². The Kier molecular flexibility index (Phi) is 27.7. The van der Waals surface area contributed by atoms with Gasteiger partial charge in [0.2, 0.25) is 5.91 Å². The number of rotatable bonds is 14. The monoisotopic (exact) mass is 1630 g/mol. The summed E-state index contributed by atoms with van der Waals surface area (Å²) in [6.07, 6.45) is -21.6. The molecular weight excluding hydrogens is 1530 g/mol. The van der Waals surface area contributed by atoms with E-state index >= 15 is 0 Å². The van der Waals surface area contributed by atoms with Crippen molar-refractivity contribution in [1.82, 2.24) is 44.9 Å². The Morgan fingerprint density at radius 3 is 1.44 bits per heavy atom. The lowest BCUT2D eigenvalue weighted by atomic mass is 9.70. The highest BCUT2D eigenvalue weighted by Gasteiger charge is 2.48. The van der Waals surface area contributed by atoms with Gasteiger partial charge in [0.15, 0.2) is 0 Å². The van der Waals surface area contributed by atoms with Crippen LogP contribution in [0.4, 0.5) is 84.2 Å². The van der Waals surface area contributed by atoms with E-state index < -0.39 is 118 Å². The van der Waals surface area contributed by atoms with Crippen LogP contribution in [0.2, 0.25) is 0 Å². The number of hydrogen-bond donors (Lipinski definition) is 3. The number of aliphatic hydroxyl groups is 1. The maximum absolute atomic E-state index is 14.0. The predicted octanol–water partition coefficient (Wildman–Crippen LogP) is 19.2. The lowest BCUT2D eigenvalue weighted by Gasteiger charge is -2.54. The van der Waals surface area contributed by atoms with Crippen LogP contribution in [0.1, 0.15) is 181 Å². The minimum Gasteiger partial charge on any atom is -0.392 e. The standard InChI is InChI=1S/C32H40N2O.C30H35F7N4O2.C23H21F10N3O/c1-32(2,3)28-15-14-26(22-35)27(20-28)21-33-30-25-16-18-34(19-17-25)31(30)29(23-10-6-4-7-11-23)24-12-8-5-9-13-24;1-18-13-24(31)5-6-26(18)27-17-25(40-11-9-39(10-12-40)20(3)42)7-8-41(27)28(43)38(4)19(2)21-14-22(29(32,33)34)16-23(15-21)30(35,36)37;1-12(13-7-14(21(25,26)27)9-15(8-13)22(28,29)30)35(2)20(37)36-6-5-34-11-19(36)17-4-3-16(24)10-18(17)23(31,32)33/h4-15,20,25,29-31,33,35H,16-19,21-22H2,1-3H3;5-6,13-16,19,25,27H,7-12,17H2,1-4H3;3-4,7-10,12,19,34H,5-6,11H2,1-2H3/t;19-,25+,27+;12-,19-/m.11/s1. The van der Waals surface area contributed by atoms with E-state index in [-0.39, 0.29) is 67.8 Å². The predicted molar refractivity (Wildman–Crippen MR) is 402 cm³/mol. The zero-order valence-corrected chi connectivity index (χ0v) is 65.2. The number of aryl methyl sites for hydroxylation is 1. The van der Waals surface area contributed by atoms with Crippen LogP contribution in [0.3, 0.4) is 0 Å². The van der Waals surface area contributed by atoms with Gasteiger partial charge in [0.25, 0.3) is 0 Å². The lowest BCUT2D eigenvalue weighted by molar-refractivity contribution is -0.144. The van der Waals surface area contributed by atoms with E-state index in [4.69, 9.17) is 0 Å². The van der Waals surface area contributed by atoms with Gasteiger partial charge in [-0.3, -0.25) is 14.6 Å². The molecule has 0 saturated carbocycles. The topological polar surface area (TPSA) is 118 Å². The molecule has 13 nitrogen and oxygen atoms in total. The largest absolute Gasteiger partial charge is 0.416 e. The molecule has 2 unspecified atom stereocenters. The number of carbonyl (C=O) groups is 3. The summed E-state index contributed by atoms with van der Waals surface area (Å²) in [5.74, 6) is -0.573. The third-order valence-electron chi connectivity index (χ3n) is 23.1. The molecule has 2 bridgehead atoms. The Balaban J connectivity index is 0.000000183. The summed E-state index contributed by atoms with van der Waals surface area (Å²) in [4.78, 5) is 50.4. The van der Waals surface area contributed by atoms with Crippen molar-refractivity contribution in [2.24, 2.45) is 5.92 Å². The van der Waals surface area contributed by atoms with Gasteiger partial charge in [-0.1, -0.05) is 112 Å². The number of urea groups is 2. The number of fused-ring (bicyclic) bond motifs is 3. The number of likely N-dealkylation sites (tertiary alicyclic amines) is 1. The number of halogens is 17. The van der Waals surface area contributed by atoms with Crippen molar-refractivity contribution < 1.29 is 94.1 Å². The molecule has 624 valence electrons. The third-order valence-corrected chi connectivity index (χ3v) is 23.1. The number of amides is 5. The van der Waals surface area contributed by atoms with Gasteiger partial charge in [-0.05, 0) is 187 Å². The zero-order valence-electron chi connectivity index (χ0n) is 65.2. The molecule has 30 heteroatoms. The molecule has 7 aromatic rings. The maximum atomic E-state index is 14.0. The molecule has 6 heterocycles. The Hall–Kier alpha value is -8.84. The van der Waals surface area contributed by atoms with Gasteiger partial charge in [-0.25, -0.2) is 18.4 Å². The first-order valence-corrected chi connectivity index (χ1v) is 38.1. The number of piperidine rings is 4. The number of benzene rings is 7. The molecule has 3 N–H and O–H groups in total. The van der Waals surface area contributed by atoms with Crippen molar-refractivity contribution in [2.75, 3.05) is 79.5 Å². The van der Waals surface area contributed by atoms with Gasteiger partial charge >= 0.3 is 42.9 Å². The number of aliphatic hydroxyl groups excluding tert-OH is 1. The van der Waals surface area contributed by atoms with Crippen molar-refractivity contribution in [3.8, 4) is 0 Å². The van der Waals surface area contributed by atoms with Crippen molar-refractivity contribution in [3.05, 3.63) is 247 Å². The summed E-state index contributed by atoms with van der Waals surface area (Å²) < 4.78 is 229. The van der Waals surface area contributed by atoms with Crippen LogP contribution in [-0.4, -0.2) is 155 Å². The summed E-state index contributed by atoms with van der Waals surface area (Å²) in [6.45, 7) is 18.5. The van der Waals surface area contributed by atoms with E-state index in [1.165, 1.54) is 88.1 Å². The lowest BCUT2D eigenvalue weighted by Crippen LogP contribution is -2.64. The number of nitrogens with one attached hydrogen (secondary N) is 2. The summed E-state index contributed by atoms with van der Waals surface area (Å²) in [7, 11) is 2.47. The highest BCUT2D eigenvalue weighted by atomic mass is 19.4. The van der Waals surface area contributed by atoms with Gasteiger partial charge in [-0.2, -0.15) is 65.9 Å². The average molecular weight is 1630 g/mol. The second-order valence-corrected chi connectivity index (χ2v) is 31.4. The fourth-order valence-corrected chi connectivity index (χ4v) is 16.5. The summed E-state index contributed by atoms with van der Waals surface area (Å²) in [6, 6.07) is 32.4.